The number of carbonyl (C=O) groups is 1. The molecule has 1 fully saturated rings. The van der Waals surface area contributed by atoms with Crippen LogP contribution < -0.4 is 5.32 Å². The second-order valence-electron chi connectivity index (χ2n) is 6.43. The summed E-state index contributed by atoms with van der Waals surface area (Å²) in [5, 5.41) is 7.16. The number of urea groups is 1. The van der Waals surface area contributed by atoms with Gasteiger partial charge >= 0.3 is 6.03 Å². The fourth-order valence-corrected chi connectivity index (χ4v) is 5.01. The van der Waals surface area contributed by atoms with Crippen LogP contribution in [0.25, 0.3) is 0 Å². The molecule has 2 aromatic rings. The molecule has 1 aromatic heterocycles. The second kappa shape index (κ2) is 7.49. The number of sulfonamides is 1. The van der Waals surface area contributed by atoms with Crippen molar-refractivity contribution >= 4 is 33.3 Å². The Labute approximate surface area is 163 Å². The number of hydrogen-bond donors (Lipinski definition) is 1. The topological polar surface area (TPSA) is 95.8 Å². The third kappa shape index (κ3) is 3.95. The highest BCUT2D eigenvalue weighted by Crippen LogP contribution is 2.25. The van der Waals surface area contributed by atoms with Gasteiger partial charge in [0, 0.05) is 36.9 Å². The lowest BCUT2D eigenvalue weighted by Crippen LogP contribution is -2.51. The molecule has 10 heteroatoms. The Morgan fingerprint density at radius 2 is 1.85 bits per heavy atom. The second-order valence-corrected chi connectivity index (χ2v) is 8.75. The number of piperazine rings is 1. The lowest BCUT2D eigenvalue weighted by molar-refractivity contribution is 0.184. The molecule has 146 valence electrons. The number of benzene rings is 1. The van der Waals surface area contributed by atoms with E-state index in [1.54, 1.807) is 36.9 Å². The Morgan fingerprint density at radius 3 is 2.41 bits per heavy atom. The van der Waals surface area contributed by atoms with Gasteiger partial charge < -0.3 is 14.7 Å². The molecule has 1 N–H and O–H groups in total. The summed E-state index contributed by atoms with van der Waals surface area (Å²) >= 11 is 5.93. The molecule has 0 saturated carbocycles. The number of amides is 2. The van der Waals surface area contributed by atoms with Crippen molar-refractivity contribution in [2.75, 3.05) is 31.5 Å². The van der Waals surface area contributed by atoms with Crippen molar-refractivity contribution in [1.82, 2.24) is 14.4 Å². The van der Waals surface area contributed by atoms with Crippen LogP contribution >= 0.6 is 11.6 Å². The van der Waals surface area contributed by atoms with E-state index >= 15 is 0 Å². The van der Waals surface area contributed by atoms with Crippen molar-refractivity contribution in [3.63, 3.8) is 0 Å². The maximum atomic E-state index is 12.8. The maximum absolute atomic E-state index is 12.8. The van der Waals surface area contributed by atoms with Crippen LogP contribution in [-0.2, 0) is 10.0 Å². The number of hydrogen-bond acceptors (Lipinski definition) is 5. The van der Waals surface area contributed by atoms with Crippen molar-refractivity contribution in [3.05, 3.63) is 40.2 Å². The van der Waals surface area contributed by atoms with Crippen molar-refractivity contribution < 1.29 is 17.7 Å². The molecule has 0 aliphatic carbocycles. The highest BCUT2D eigenvalue weighted by Gasteiger charge is 2.34. The van der Waals surface area contributed by atoms with Gasteiger partial charge in [-0.1, -0.05) is 16.8 Å². The van der Waals surface area contributed by atoms with E-state index < -0.39 is 10.0 Å². The number of rotatable bonds is 3. The summed E-state index contributed by atoms with van der Waals surface area (Å²) in [7, 11) is -3.70. The van der Waals surface area contributed by atoms with E-state index in [0.29, 0.717) is 29.5 Å². The summed E-state index contributed by atoms with van der Waals surface area (Å²) in [6, 6.07) is 4.95. The van der Waals surface area contributed by atoms with Crippen molar-refractivity contribution in [1.29, 1.82) is 0 Å². The van der Waals surface area contributed by atoms with E-state index in [1.165, 1.54) is 4.31 Å². The molecule has 1 aliphatic heterocycles. The van der Waals surface area contributed by atoms with Crippen LogP contribution in [0, 0.1) is 20.8 Å². The van der Waals surface area contributed by atoms with Gasteiger partial charge in [0.2, 0.25) is 10.0 Å². The minimum absolute atomic E-state index is 0.109. The molecule has 27 heavy (non-hydrogen) atoms. The molecule has 2 heterocycles. The molecule has 1 aliphatic rings. The Kier molecular flexibility index (Phi) is 5.45. The van der Waals surface area contributed by atoms with Crippen LogP contribution in [-0.4, -0.2) is 55.0 Å². The van der Waals surface area contributed by atoms with Crippen LogP contribution in [0.5, 0.6) is 0 Å². The third-order valence-corrected chi connectivity index (χ3v) is 6.90. The Hall–Kier alpha value is -2.10. The predicted octanol–water partition coefficient (Wildman–Crippen LogP) is 2.79. The van der Waals surface area contributed by atoms with Gasteiger partial charge in [-0.2, -0.15) is 4.31 Å². The summed E-state index contributed by atoms with van der Waals surface area (Å²) in [6.07, 6.45) is 0. The number of carbonyl (C=O) groups excluding carboxylic acids is 1. The zero-order valence-electron chi connectivity index (χ0n) is 15.3. The summed E-state index contributed by atoms with van der Waals surface area (Å²) in [5.74, 6) is 0.269. The maximum Gasteiger partial charge on any atom is 0.321 e. The average Bonchev–Trinajstić information content (AvgIpc) is 2.96. The molecular weight excluding hydrogens is 392 g/mol. The number of aromatic nitrogens is 1. The molecule has 1 aromatic carbocycles. The first-order valence-corrected chi connectivity index (χ1v) is 10.3. The molecule has 1 saturated heterocycles. The smallest absolute Gasteiger partial charge is 0.321 e. The normalized spacial score (nSPS) is 15.8. The number of nitrogens with zero attached hydrogens (tertiary/aromatic N) is 3. The standard InChI is InChI=1S/C17H21ClN4O4S/c1-11-10-14(18)4-5-15(11)19-17(23)21-6-8-22(9-7-21)27(24,25)16-12(2)20-26-13(16)3/h4-5,10H,6-9H2,1-3H3,(H,19,23). The monoisotopic (exact) mass is 412 g/mol. The minimum atomic E-state index is -3.70. The quantitative estimate of drug-likeness (QED) is 0.836. The lowest BCUT2D eigenvalue weighted by Gasteiger charge is -2.34. The molecule has 0 atom stereocenters. The fourth-order valence-electron chi connectivity index (χ4n) is 3.07. The number of nitrogens with one attached hydrogen (secondary N) is 1. The zero-order chi connectivity index (χ0) is 19.8. The largest absolute Gasteiger partial charge is 0.360 e. The van der Waals surface area contributed by atoms with Crippen LogP contribution in [0.3, 0.4) is 0 Å². The van der Waals surface area contributed by atoms with E-state index in [1.807, 2.05) is 6.92 Å². The van der Waals surface area contributed by atoms with Gasteiger partial charge in [-0.25, -0.2) is 13.2 Å². The molecule has 8 nitrogen and oxygen atoms in total. The highest BCUT2D eigenvalue weighted by molar-refractivity contribution is 7.89. The van der Waals surface area contributed by atoms with Gasteiger partial charge in [-0.3, -0.25) is 0 Å². The Morgan fingerprint density at radius 1 is 1.19 bits per heavy atom. The number of anilines is 1. The van der Waals surface area contributed by atoms with E-state index in [9.17, 15) is 13.2 Å². The van der Waals surface area contributed by atoms with Crippen molar-refractivity contribution in [3.8, 4) is 0 Å². The fraction of sp³-hybridized carbons (Fsp3) is 0.412. The van der Waals surface area contributed by atoms with Crippen LogP contribution in [0.1, 0.15) is 17.0 Å². The summed E-state index contributed by atoms with van der Waals surface area (Å²) in [4.78, 5) is 14.2. The van der Waals surface area contributed by atoms with Gasteiger partial charge in [0.05, 0.1) is 0 Å². The summed E-state index contributed by atoms with van der Waals surface area (Å²) in [6.45, 7) is 6.03. The van der Waals surface area contributed by atoms with Gasteiger partial charge in [0.1, 0.15) is 10.6 Å². The molecule has 0 unspecified atom stereocenters. The molecule has 0 radical (unpaired) electrons. The first kappa shape index (κ1) is 19.7. The van der Waals surface area contributed by atoms with Gasteiger partial charge in [-0.15, -0.1) is 0 Å². The Bertz CT molecular complexity index is 946. The van der Waals surface area contributed by atoms with Crippen molar-refractivity contribution in [2.24, 2.45) is 0 Å². The molecule has 0 spiro atoms. The first-order valence-electron chi connectivity index (χ1n) is 8.45. The minimum Gasteiger partial charge on any atom is -0.360 e. The van der Waals surface area contributed by atoms with Crippen LogP contribution in [0.4, 0.5) is 10.5 Å². The Balaban J connectivity index is 1.65. The van der Waals surface area contributed by atoms with E-state index in [2.05, 4.69) is 10.5 Å². The number of halogens is 1. The third-order valence-electron chi connectivity index (χ3n) is 4.52. The highest BCUT2D eigenvalue weighted by atomic mass is 35.5. The van der Waals surface area contributed by atoms with Crippen LogP contribution in [0.2, 0.25) is 5.02 Å². The van der Waals surface area contributed by atoms with Gasteiger partial charge in [0.25, 0.3) is 0 Å². The summed E-state index contributed by atoms with van der Waals surface area (Å²) < 4.78 is 32.0. The van der Waals surface area contributed by atoms with E-state index in [-0.39, 0.29) is 29.8 Å². The average molecular weight is 413 g/mol. The van der Waals surface area contributed by atoms with E-state index in [0.717, 1.165) is 5.56 Å². The van der Waals surface area contributed by atoms with E-state index in [4.69, 9.17) is 16.1 Å². The molecule has 3 rings (SSSR count). The first-order chi connectivity index (χ1) is 12.7. The molecule has 2 amide bonds. The van der Waals surface area contributed by atoms with Crippen molar-refractivity contribution in [2.45, 2.75) is 25.7 Å². The van der Waals surface area contributed by atoms with Gasteiger partial charge in [-0.05, 0) is 44.5 Å². The SMILES string of the molecule is Cc1cc(Cl)ccc1NC(=O)N1CCN(S(=O)(=O)c2c(C)noc2C)CC1. The summed E-state index contributed by atoms with van der Waals surface area (Å²) in [5.41, 5.74) is 1.87. The predicted molar refractivity (Wildman–Crippen MR) is 102 cm³/mol. The zero-order valence-corrected chi connectivity index (χ0v) is 16.9. The number of aryl methyl sites for hydroxylation is 3. The molecule has 0 bridgehead atoms. The van der Waals surface area contributed by atoms with Gasteiger partial charge in [0.15, 0.2) is 5.76 Å². The molecular formula is C17H21ClN4O4S. The van der Waals surface area contributed by atoms with Crippen LogP contribution in [0.15, 0.2) is 27.6 Å². The lowest BCUT2D eigenvalue weighted by atomic mass is 10.2.